The molecule has 0 spiro atoms. The molecule has 1 atom stereocenters. The van der Waals surface area contributed by atoms with E-state index < -0.39 is 7.60 Å². The van der Waals surface area contributed by atoms with Crippen LogP contribution in [0.25, 0.3) is 0 Å². The van der Waals surface area contributed by atoms with Crippen LogP contribution >= 0.6 is 7.60 Å². The summed E-state index contributed by atoms with van der Waals surface area (Å²) in [6, 6.07) is 7.55. The molecule has 120 valence electrons. The van der Waals surface area contributed by atoms with Crippen LogP contribution in [0, 0.1) is 5.92 Å². The number of rotatable bonds is 10. The van der Waals surface area contributed by atoms with Crippen molar-refractivity contribution in [3.05, 3.63) is 29.8 Å². The Hall–Kier alpha value is -0.830. The topological polar surface area (TPSA) is 44.8 Å². The normalized spacial score (nSPS) is 14.1. The molecule has 1 unspecified atom stereocenters. The number of methoxy groups -OCH3 is 1. The Morgan fingerprint density at radius 3 is 2.33 bits per heavy atom. The van der Waals surface area contributed by atoms with Crippen molar-refractivity contribution in [1.82, 2.24) is 0 Å². The molecule has 1 aromatic carbocycles. The highest BCUT2D eigenvalue weighted by Crippen LogP contribution is 2.50. The molecule has 0 radical (unpaired) electrons. The van der Waals surface area contributed by atoms with Crippen LogP contribution in [-0.4, -0.2) is 19.9 Å². The molecule has 0 saturated heterocycles. The van der Waals surface area contributed by atoms with Gasteiger partial charge in [-0.3, -0.25) is 4.57 Å². The Bertz CT molecular complexity index is 442. The number of ether oxygens (including phenoxy) is 1. The summed E-state index contributed by atoms with van der Waals surface area (Å²) in [5.41, 5.74) is 0.959. The predicted molar refractivity (Wildman–Crippen MR) is 86.0 cm³/mol. The largest absolute Gasteiger partial charge is 0.497 e. The van der Waals surface area contributed by atoms with E-state index in [-0.39, 0.29) is 0 Å². The van der Waals surface area contributed by atoms with Crippen molar-refractivity contribution in [2.45, 2.75) is 40.2 Å². The molecule has 0 aliphatic carbocycles. The molecule has 21 heavy (non-hydrogen) atoms. The monoisotopic (exact) mass is 314 g/mol. The fraction of sp³-hybridized carbons (Fsp3) is 0.625. The maximum atomic E-state index is 12.7. The molecule has 0 aliphatic heterocycles. The van der Waals surface area contributed by atoms with Crippen molar-refractivity contribution in [2.75, 3.05) is 19.9 Å². The van der Waals surface area contributed by atoms with Gasteiger partial charge in [0, 0.05) is 0 Å². The van der Waals surface area contributed by atoms with Gasteiger partial charge in [-0.2, -0.15) is 0 Å². The molecule has 0 aromatic heterocycles. The Labute approximate surface area is 128 Å². The second-order valence-electron chi connectivity index (χ2n) is 5.50. The van der Waals surface area contributed by atoms with Gasteiger partial charge in [0.1, 0.15) is 5.75 Å². The van der Waals surface area contributed by atoms with Crippen molar-refractivity contribution < 1.29 is 18.3 Å². The van der Waals surface area contributed by atoms with E-state index in [0.717, 1.165) is 24.2 Å². The van der Waals surface area contributed by atoms with Gasteiger partial charge in [-0.25, -0.2) is 0 Å². The van der Waals surface area contributed by atoms with Crippen LogP contribution in [0.2, 0.25) is 0 Å². The van der Waals surface area contributed by atoms with E-state index in [4.69, 9.17) is 13.8 Å². The van der Waals surface area contributed by atoms with Gasteiger partial charge in [0.15, 0.2) is 0 Å². The molecular weight excluding hydrogens is 287 g/mol. The first-order valence-electron chi connectivity index (χ1n) is 7.50. The average molecular weight is 314 g/mol. The summed E-state index contributed by atoms with van der Waals surface area (Å²) in [5, 5.41) is 0. The summed E-state index contributed by atoms with van der Waals surface area (Å²) < 4.78 is 29.0. The lowest BCUT2D eigenvalue weighted by Gasteiger charge is -2.19. The van der Waals surface area contributed by atoms with E-state index in [1.54, 1.807) is 7.11 Å². The molecule has 0 aliphatic rings. The van der Waals surface area contributed by atoms with Gasteiger partial charge in [0.05, 0.1) is 26.5 Å². The van der Waals surface area contributed by atoms with Gasteiger partial charge in [0.2, 0.25) is 0 Å². The fourth-order valence-corrected chi connectivity index (χ4v) is 3.58. The number of unbranched alkanes of at least 4 members (excludes halogenated alkanes) is 1. The zero-order valence-electron chi connectivity index (χ0n) is 13.5. The standard InChI is InChI=1S/C16H27O4P/c1-5-6-11-21(17,19-12-14(2)3)20-13-15-7-9-16(18-4)10-8-15/h7-10,14H,5-6,11-13H2,1-4H3. The van der Waals surface area contributed by atoms with E-state index in [1.807, 2.05) is 38.1 Å². The second kappa shape index (κ2) is 9.24. The average Bonchev–Trinajstić information content (AvgIpc) is 2.50. The molecular formula is C16H27O4P. The zero-order chi connectivity index (χ0) is 15.7. The van der Waals surface area contributed by atoms with Crippen LogP contribution in [0.15, 0.2) is 24.3 Å². The minimum absolute atomic E-state index is 0.295. The van der Waals surface area contributed by atoms with Crippen LogP contribution in [0.4, 0.5) is 0 Å². The summed E-state index contributed by atoms with van der Waals surface area (Å²) in [5.74, 6) is 1.13. The van der Waals surface area contributed by atoms with Crippen molar-refractivity contribution in [3.63, 3.8) is 0 Å². The van der Waals surface area contributed by atoms with Crippen LogP contribution in [-0.2, 0) is 20.2 Å². The minimum Gasteiger partial charge on any atom is -0.497 e. The van der Waals surface area contributed by atoms with Crippen LogP contribution < -0.4 is 4.74 Å². The lowest BCUT2D eigenvalue weighted by atomic mass is 10.2. The van der Waals surface area contributed by atoms with Crippen LogP contribution in [0.1, 0.15) is 39.2 Å². The molecule has 0 bridgehead atoms. The third-order valence-corrected chi connectivity index (χ3v) is 4.91. The second-order valence-corrected chi connectivity index (χ2v) is 7.68. The Morgan fingerprint density at radius 2 is 1.81 bits per heavy atom. The Balaban J connectivity index is 2.60. The predicted octanol–water partition coefficient (Wildman–Crippen LogP) is 4.88. The minimum atomic E-state index is -3.01. The van der Waals surface area contributed by atoms with Gasteiger partial charge >= 0.3 is 7.60 Å². The quantitative estimate of drug-likeness (QED) is 0.577. The molecule has 1 rings (SSSR count). The van der Waals surface area contributed by atoms with E-state index in [2.05, 4.69) is 6.92 Å². The SMILES string of the molecule is CCCCP(=O)(OCc1ccc(OC)cc1)OCC(C)C. The molecule has 5 heteroatoms. The van der Waals surface area contributed by atoms with Gasteiger partial charge < -0.3 is 13.8 Å². The van der Waals surface area contributed by atoms with E-state index in [9.17, 15) is 4.57 Å². The lowest BCUT2D eigenvalue weighted by Crippen LogP contribution is -2.05. The summed E-state index contributed by atoms with van der Waals surface area (Å²) >= 11 is 0. The van der Waals surface area contributed by atoms with Crippen molar-refractivity contribution in [2.24, 2.45) is 5.92 Å². The van der Waals surface area contributed by atoms with Crippen LogP contribution in [0.3, 0.4) is 0 Å². The molecule has 0 fully saturated rings. The molecule has 0 N–H and O–H groups in total. The zero-order valence-corrected chi connectivity index (χ0v) is 14.4. The first-order chi connectivity index (χ1) is 9.99. The first-order valence-corrected chi connectivity index (χ1v) is 9.23. The summed E-state index contributed by atoms with van der Waals surface area (Å²) in [6.45, 7) is 6.89. The maximum absolute atomic E-state index is 12.7. The molecule has 4 nitrogen and oxygen atoms in total. The van der Waals surface area contributed by atoms with Gasteiger partial charge in [0.25, 0.3) is 0 Å². The molecule has 1 aromatic rings. The summed E-state index contributed by atoms with van der Waals surface area (Å²) in [6.07, 6.45) is 2.30. The third-order valence-electron chi connectivity index (χ3n) is 2.98. The number of benzene rings is 1. The maximum Gasteiger partial charge on any atom is 0.331 e. The molecule has 0 amide bonds. The van der Waals surface area contributed by atoms with Gasteiger partial charge in [-0.05, 0) is 30.0 Å². The highest BCUT2D eigenvalue weighted by atomic mass is 31.2. The summed E-state index contributed by atoms with van der Waals surface area (Å²) in [7, 11) is -1.38. The van der Waals surface area contributed by atoms with Crippen molar-refractivity contribution in [1.29, 1.82) is 0 Å². The van der Waals surface area contributed by atoms with Crippen LogP contribution in [0.5, 0.6) is 5.75 Å². The summed E-state index contributed by atoms with van der Waals surface area (Å²) in [4.78, 5) is 0. The molecule has 0 heterocycles. The number of hydrogen-bond acceptors (Lipinski definition) is 4. The highest BCUT2D eigenvalue weighted by Gasteiger charge is 2.24. The van der Waals surface area contributed by atoms with E-state index in [0.29, 0.717) is 25.3 Å². The third kappa shape index (κ3) is 7.12. The highest BCUT2D eigenvalue weighted by molar-refractivity contribution is 7.53. The van der Waals surface area contributed by atoms with E-state index >= 15 is 0 Å². The van der Waals surface area contributed by atoms with Crippen molar-refractivity contribution >= 4 is 7.60 Å². The smallest absolute Gasteiger partial charge is 0.331 e. The van der Waals surface area contributed by atoms with Crippen molar-refractivity contribution in [3.8, 4) is 5.75 Å². The van der Waals surface area contributed by atoms with E-state index in [1.165, 1.54) is 0 Å². The Kier molecular flexibility index (Phi) is 8.02. The lowest BCUT2D eigenvalue weighted by molar-refractivity contribution is 0.181. The first kappa shape index (κ1) is 18.2. The number of hydrogen-bond donors (Lipinski definition) is 0. The molecule has 0 saturated carbocycles. The van der Waals surface area contributed by atoms with Gasteiger partial charge in [-0.15, -0.1) is 0 Å². The van der Waals surface area contributed by atoms with Gasteiger partial charge in [-0.1, -0.05) is 39.3 Å². The fourth-order valence-electron chi connectivity index (χ4n) is 1.68. The Morgan fingerprint density at radius 1 is 1.14 bits per heavy atom.